The minimum Gasteiger partial charge on any atom is -0.481 e. The molecule has 98 valence electrons. The first-order valence-electron chi connectivity index (χ1n) is 6.23. The van der Waals surface area contributed by atoms with E-state index in [0.29, 0.717) is 0 Å². The van der Waals surface area contributed by atoms with Crippen molar-refractivity contribution in [2.75, 3.05) is 0 Å². The van der Waals surface area contributed by atoms with Crippen LogP contribution in [0.1, 0.15) is 37.7 Å². The molecule has 0 aliphatic heterocycles. The van der Waals surface area contributed by atoms with Gasteiger partial charge in [-0.2, -0.15) is 0 Å². The lowest BCUT2D eigenvalue weighted by Gasteiger charge is -2.18. The van der Waals surface area contributed by atoms with E-state index in [0.717, 1.165) is 24.8 Å². The van der Waals surface area contributed by atoms with Crippen LogP contribution in [0.3, 0.4) is 0 Å². The molecule has 0 fully saturated rings. The second-order valence-electron chi connectivity index (χ2n) is 4.20. The second-order valence-corrected chi connectivity index (χ2v) is 5.38. The zero-order valence-electron chi connectivity index (χ0n) is 10.6. The number of carboxylic acid groups (broad SMARTS) is 1. The van der Waals surface area contributed by atoms with Gasteiger partial charge in [0.1, 0.15) is 0 Å². The third-order valence-electron chi connectivity index (χ3n) is 2.80. The molecule has 0 radical (unpaired) electrons. The van der Waals surface area contributed by atoms with Crippen LogP contribution in [0.25, 0.3) is 0 Å². The summed E-state index contributed by atoms with van der Waals surface area (Å²) in [4.78, 5) is 11.3. The maximum absolute atomic E-state index is 11.4. The van der Waals surface area contributed by atoms with E-state index in [-0.39, 0.29) is 4.83 Å². The minimum absolute atomic E-state index is 0.0427. The van der Waals surface area contributed by atoms with Crippen molar-refractivity contribution in [2.24, 2.45) is 0 Å². The molecule has 0 saturated carbocycles. The molecule has 2 nitrogen and oxygen atoms in total. The van der Waals surface area contributed by atoms with E-state index < -0.39 is 11.9 Å². The van der Waals surface area contributed by atoms with E-state index in [2.05, 4.69) is 35.0 Å². The van der Waals surface area contributed by atoms with Crippen molar-refractivity contribution in [1.29, 1.82) is 0 Å². The second kappa shape index (κ2) is 8.09. The summed E-state index contributed by atoms with van der Waals surface area (Å²) in [6, 6.07) is 9.39. The minimum atomic E-state index is -0.775. The van der Waals surface area contributed by atoms with Gasteiger partial charge in [-0.3, -0.25) is 4.79 Å². The molecular weight excluding hydrogens is 292 g/mol. The average Bonchev–Trinajstić information content (AvgIpc) is 2.36. The highest BCUT2D eigenvalue weighted by molar-refractivity contribution is 9.09. The molecule has 0 heterocycles. The molecule has 2 unspecified atom stereocenters. The average molecular weight is 311 g/mol. The van der Waals surface area contributed by atoms with Gasteiger partial charge in [-0.25, -0.2) is 0 Å². The predicted octanol–water partition coefficient (Wildman–Crippen LogP) is 4.36. The van der Waals surface area contributed by atoms with Crippen LogP contribution >= 0.6 is 15.9 Å². The summed E-state index contributed by atoms with van der Waals surface area (Å²) in [6.07, 6.45) is 6.97. The van der Waals surface area contributed by atoms with Crippen LogP contribution in [0.2, 0.25) is 0 Å². The summed E-state index contributed by atoms with van der Waals surface area (Å²) in [5, 5.41) is 9.35. The van der Waals surface area contributed by atoms with Crippen LogP contribution < -0.4 is 0 Å². The lowest BCUT2D eigenvalue weighted by molar-refractivity contribution is -0.138. The van der Waals surface area contributed by atoms with Crippen molar-refractivity contribution in [3.05, 3.63) is 48.0 Å². The first-order valence-corrected chi connectivity index (χ1v) is 7.15. The van der Waals surface area contributed by atoms with Crippen LogP contribution in [0.15, 0.2) is 42.5 Å². The van der Waals surface area contributed by atoms with Gasteiger partial charge in [0.05, 0.1) is 5.92 Å². The molecule has 0 aliphatic rings. The van der Waals surface area contributed by atoms with Crippen LogP contribution in [-0.4, -0.2) is 15.9 Å². The van der Waals surface area contributed by atoms with E-state index in [1.54, 1.807) is 0 Å². The first kappa shape index (κ1) is 15.0. The third-order valence-corrected chi connectivity index (χ3v) is 3.78. The predicted molar refractivity (Wildman–Crippen MR) is 78.2 cm³/mol. The first-order chi connectivity index (χ1) is 8.66. The molecule has 0 saturated heterocycles. The number of alkyl halides is 1. The Bertz CT molecular complexity index is 387. The Morgan fingerprint density at radius 2 is 2.00 bits per heavy atom. The van der Waals surface area contributed by atoms with Gasteiger partial charge >= 0.3 is 5.97 Å². The van der Waals surface area contributed by atoms with Crippen LogP contribution in [0, 0.1) is 0 Å². The summed E-state index contributed by atoms with van der Waals surface area (Å²) in [6.45, 7) is 2.09. The highest BCUT2D eigenvalue weighted by Crippen LogP contribution is 2.28. The smallest absolute Gasteiger partial charge is 0.312 e. The Balaban J connectivity index is 2.68. The Labute approximate surface area is 117 Å². The third kappa shape index (κ3) is 4.65. The fourth-order valence-electron chi connectivity index (χ4n) is 1.87. The van der Waals surface area contributed by atoms with E-state index >= 15 is 0 Å². The molecule has 2 atom stereocenters. The van der Waals surface area contributed by atoms with Crippen LogP contribution in [-0.2, 0) is 4.79 Å². The molecule has 0 aliphatic carbocycles. The number of allylic oxidation sites excluding steroid dienone is 2. The summed E-state index contributed by atoms with van der Waals surface area (Å²) < 4.78 is 0. The van der Waals surface area contributed by atoms with Gasteiger partial charge in [-0.15, -0.1) is 0 Å². The highest BCUT2D eigenvalue weighted by atomic mass is 79.9. The van der Waals surface area contributed by atoms with Crippen LogP contribution in [0.5, 0.6) is 0 Å². The van der Waals surface area contributed by atoms with Gasteiger partial charge < -0.3 is 5.11 Å². The van der Waals surface area contributed by atoms with E-state index in [1.165, 1.54) is 0 Å². The molecule has 1 aromatic carbocycles. The van der Waals surface area contributed by atoms with E-state index in [4.69, 9.17) is 0 Å². The van der Waals surface area contributed by atoms with Gasteiger partial charge in [-0.05, 0) is 24.8 Å². The number of rotatable bonds is 7. The van der Waals surface area contributed by atoms with Crippen LogP contribution in [0.4, 0.5) is 0 Å². The summed E-state index contributed by atoms with van der Waals surface area (Å²) >= 11 is 3.52. The number of benzene rings is 1. The number of halogens is 1. The monoisotopic (exact) mass is 310 g/mol. The Kier molecular flexibility index (Phi) is 6.73. The van der Waals surface area contributed by atoms with Gasteiger partial charge in [-0.1, -0.05) is 65.3 Å². The Hall–Kier alpha value is -1.09. The SMILES string of the molecule is CCC=CCCC(Br)C(C(=O)O)c1ccccc1. The standard InChI is InChI=1S/C15H19BrO2/c1-2-3-4-8-11-13(16)14(15(17)18)12-9-6-5-7-10-12/h3-7,9-10,13-14H,2,8,11H2,1H3,(H,17,18). The van der Waals surface area contributed by atoms with Crippen molar-refractivity contribution >= 4 is 21.9 Å². The van der Waals surface area contributed by atoms with Crippen molar-refractivity contribution in [1.82, 2.24) is 0 Å². The van der Waals surface area contributed by atoms with Crippen molar-refractivity contribution in [2.45, 2.75) is 36.9 Å². The molecule has 0 amide bonds. The fraction of sp³-hybridized carbons (Fsp3) is 0.400. The molecule has 1 aromatic rings. The zero-order valence-corrected chi connectivity index (χ0v) is 12.1. The molecule has 1 rings (SSSR count). The molecule has 3 heteroatoms. The van der Waals surface area contributed by atoms with Gasteiger partial charge in [0.25, 0.3) is 0 Å². The maximum atomic E-state index is 11.4. The number of carbonyl (C=O) groups is 1. The van der Waals surface area contributed by atoms with Gasteiger partial charge in [0, 0.05) is 4.83 Å². The lowest BCUT2D eigenvalue weighted by atomic mass is 9.93. The summed E-state index contributed by atoms with van der Waals surface area (Å²) in [7, 11) is 0. The molecule has 0 spiro atoms. The quantitative estimate of drug-likeness (QED) is 0.600. The highest BCUT2D eigenvalue weighted by Gasteiger charge is 2.27. The molecule has 0 bridgehead atoms. The molecular formula is C15H19BrO2. The fourth-order valence-corrected chi connectivity index (χ4v) is 2.67. The Morgan fingerprint density at radius 1 is 1.33 bits per heavy atom. The lowest BCUT2D eigenvalue weighted by Crippen LogP contribution is -2.21. The summed E-state index contributed by atoms with van der Waals surface area (Å²) in [5.74, 6) is -1.26. The number of hydrogen-bond donors (Lipinski definition) is 1. The van der Waals surface area contributed by atoms with E-state index in [1.807, 2.05) is 30.3 Å². The molecule has 18 heavy (non-hydrogen) atoms. The largest absolute Gasteiger partial charge is 0.481 e. The molecule has 0 aromatic heterocycles. The zero-order chi connectivity index (χ0) is 13.4. The summed E-state index contributed by atoms with van der Waals surface area (Å²) in [5.41, 5.74) is 0.853. The number of carboxylic acids is 1. The van der Waals surface area contributed by atoms with Crippen molar-refractivity contribution in [3.8, 4) is 0 Å². The van der Waals surface area contributed by atoms with E-state index in [9.17, 15) is 9.90 Å². The number of hydrogen-bond acceptors (Lipinski definition) is 1. The van der Waals surface area contributed by atoms with Crippen molar-refractivity contribution < 1.29 is 9.90 Å². The Morgan fingerprint density at radius 3 is 2.56 bits per heavy atom. The maximum Gasteiger partial charge on any atom is 0.312 e. The van der Waals surface area contributed by atoms with Gasteiger partial charge in [0.15, 0.2) is 0 Å². The van der Waals surface area contributed by atoms with Gasteiger partial charge in [0.2, 0.25) is 0 Å². The molecule has 1 N–H and O–H groups in total. The number of aliphatic carboxylic acids is 1. The van der Waals surface area contributed by atoms with Crippen molar-refractivity contribution in [3.63, 3.8) is 0 Å². The topological polar surface area (TPSA) is 37.3 Å². The normalized spacial score (nSPS) is 14.6.